The van der Waals surface area contributed by atoms with Crippen molar-refractivity contribution in [2.75, 3.05) is 46.4 Å². The van der Waals surface area contributed by atoms with Gasteiger partial charge in [0, 0.05) is 57.0 Å². The second-order valence-corrected chi connectivity index (χ2v) is 7.83. The molecule has 7 nitrogen and oxygen atoms in total. The van der Waals surface area contributed by atoms with E-state index in [-0.39, 0.29) is 24.0 Å². The van der Waals surface area contributed by atoms with Gasteiger partial charge in [-0.05, 0) is 23.4 Å². The summed E-state index contributed by atoms with van der Waals surface area (Å²) in [5.74, 6) is 1.30. The predicted octanol–water partition coefficient (Wildman–Crippen LogP) is 2.44. The number of halogens is 1. The number of hydrogen-bond donors (Lipinski definition) is 2. The highest BCUT2D eigenvalue weighted by atomic mass is 127. The molecule has 2 N–H and O–H groups in total. The molecule has 1 aliphatic rings. The molecule has 0 saturated carbocycles. The molecule has 2 aromatic heterocycles. The largest absolute Gasteiger partial charge is 0.379 e. The van der Waals surface area contributed by atoms with Crippen LogP contribution >= 0.6 is 35.3 Å². The van der Waals surface area contributed by atoms with E-state index in [1.54, 1.807) is 0 Å². The number of thiophene rings is 1. The number of guanidine groups is 1. The first-order valence-electron chi connectivity index (χ1n) is 9.53. The summed E-state index contributed by atoms with van der Waals surface area (Å²) in [6.45, 7) is 8.33. The quantitative estimate of drug-likeness (QED) is 0.320. The van der Waals surface area contributed by atoms with Gasteiger partial charge in [-0.25, -0.2) is 0 Å². The van der Waals surface area contributed by atoms with Crippen LogP contribution in [-0.4, -0.2) is 67.1 Å². The molecule has 0 spiro atoms. The van der Waals surface area contributed by atoms with Crippen molar-refractivity contribution in [1.82, 2.24) is 25.3 Å². The Morgan fingerprint density at radius 3 is 2.71 bits per heavy atom. The average Bonchev–Trinajstić information content (AvgIpc) is 3.39. The van der Waals surface area contributed by atoms with Gasteiger partial charge >= 0.3 is 0 Å². The van der Waals surface area contributed by atoms with Crippen LogP contribution in [0.2, 0.25) is 0 Å². The fourth-order valence-electron chi connectivity index (χ4n) is 3.26. The predicted molar refractivity (Wildman–Crippen MR) is 126 cm³/mol. The summed E-state index contributed by atoms with van der Waals surface area (Å²) in [6, 6.07) is 6.64. The highest BCUT2D eigenvalue weighted by molar-refractivity contribution is 14.0. The summed E-state index contributed by atoms with van der Waals surface area (Å²) in [5.41, 5.74) is 0. The Morgan fingerprint density at radius 1 is 1.29 bits per heavy atom. The van der Waals surface area contributed by atoms with Gasteiger partial charge in [0.05, 0.1) is 19.3 Å². The van der Waals surface area contributed by atoms with E-state index in [2.05, 4.69) is 50.1 Å². The van der Waals surface area contributed by atoms with Gasteiger partial charge in [-0.3, -0.25) is 14.6 Å². The molecular weight excluding hydrogens is 487 g/mol. The Bertz CT molecular complexity index is 673. The molecule has 0 bridgehead atoms. The SMILES string of the molecule is CN=C(NCC(C)Cn1cccn1)NCC(c1cccs1)N1CCOCC1.I. The maximum atomic E-state index is 5.52. The normalized spacial score (nSPS) is 17.6. The molecule has 0 radical (unpaired) electrons. The van der Waals surface area contributed by atoms with Crippen molar-refractivity contribution in [1.29, 1.82) is 0 Å². The van der Waals surface area contributed by atoms with Crippen LogP contribution in [0, 0.1) is 5.92 Å². The van der Waals surface area contributed by atoms with Gasteiger partial charge in [-0.1, -0.05) is 13.0 Å². The molecule has 2 atom stereocenters. The molecule has 1 fully saturated rings. The van der Waals surface area contributed by atoms with Crippen molar-refractivity contribution in [2.24, 2.45) is 10.9 Å². The van der Waals surface area contributed by atoms with Crippen LogP contribution in [0.5, 0.6) is 0 Å². The fraction of sp³-hybridized carbons (Fsp3) is 0.579. The number of aliphatic imine (C=N–C) groups is 1. The Morgan fingerprint density at radius 2 is 2.07 bits per heavy atom. The zero-order chi connectivity index (χ0) is 18.9. The van der Waals surface area contributed by atoms with Gasteiger partial charge in [-0.2, -0.15) is 5.10 Å². The van der Waals surface area contributed by atoms with Gasteiger partial charge in [0.25, 0.3) is 0 Å². The monoisotopic (exact) mass is 518 g/mol. The van der Waals surface area contributed by atoms with Gasteiger partial charge in [0.15, 0.2) is 5.96 Å². The number of nitrogens with zero attached hydrogens (tertiary/aromatic N) is 4. The summed E-state index contributed by atoms with van der Waals surface area (Å²) >= 11 is 1.81. The third-order valence-corrected chi connectivity index (χ3v) is 5.69. The van der Waals surface area contributed by atoms with E-state index in [0.29, 0.717) is 12.0 Å². The van der Waals surface area contributed by atoms with E-state index in [1.165, 1.54) is 4.88 Å². The van der Waals surface area contributed by atoms with E-state index in [9.17, 15) is 0 Å². The van der Waals surface area contributed by atoms with Gasteiger partial charge < -0.3 is 15.4 Å². The van der Waals surface area contributed by atoms with Crippen molar-refractivity contribution in [2.45, 2.75) is 19.5 Å². The molecule has 0 aliphatic carbocycles. The van der Waals surface area contributed by atoms with E-state index < -0.39 is 0 Å². The van der Waals surface area contributed by atoms with Crippen LogP contribution in [0.3, 0.4) is 0 Å². The number of rotatable bonds is 8. The molecule has 2 aromatic rings. The highest BCUT2D eigenvalue weighted by Gasteiger charge is 2.23. The van der Waals surface area contributed by atoms with Crippen LogP contribution in [0.15, 0.2) is 41.0 Å². The van der Waals surface area contributed by atoms with Crippen molar-refractivity contribution >= 4 is 41.3 Å². The molecule has 2 unspecified atom stereocenters. The van der Waals surface area contributed by atoms with Gasteiger partial charge in [0.2, 0.25) is 0 Å². The number of hydrogen-bond acceptors (Lipinski definition) is 5. The summed E-state index contributed by atoms with van der Waals surface area (Å²) in [7, 11) is 1.82. The highest BCUT2D eigenvalue weighted by Crippen LogP contribution is 2.25. The lowest BCUT2D eigenvalue weighted by Gasteiger charge is -2.34. The molecule has 0 aromatic carbocycles. The maximum absolute atomic E-state index is 5.52. The summed E-state index contributed by atoms with van der Waals surface area (Å²) < 4.78 is 7.49. The van der Waals surface area contributed by atoms with E-state index >= 15 is 0 Å². The van der Waals surface area contributed by atoms with Crippen LogP contribution < -0.4 is 10.6 Å². The molecule has 1 aliphatic heterocycles. The third kappa shape index (κ3) is 7.02. The number of morpholine rings is 1. The third-order valence-electron chi connectivity index (χ3n) is 4.72. The van der Waals surface area contributed by atoms with Crippen molar-refractivity contribution in [3.63, 3.8) is 0 Å². The van der Waals surface area contributed by atoms with Crippen LogP contribution in [0.25, 0.3) is 0 Å². The molecule has 28 heavy (non-hydrogen) atoms. The standard InChI is InChI=1S/C19H30N6OS.HI/c1-16(15-25-7-4-6-23-25)13-21-19(20-2)22-14-17(18-5-3-12-27-18)24-8-10-26-11-9-24;/h3-7,12,16-17H,8-11,13-15H2,1-2H3,(H2,20,21,22);1H. The Kier molecular flexibility index (Phi) is 10.2. The lowest BCUT2D eigenvalue weighted by Crippen LogP contribution is -2.46. The van der Waals surface area contributed by atoms with E-state index in [0.717, 1.165) is 51.9 Å². The maximum Gasteiger partial charge on any atom is 0.191 e. The first-order chi connectivity index (χ1) is 13.3. The van der Waals surface area contributed by atoms with Crippen LogP contribution in [0.4, 0.5) is 0 Å². The van der Waals surface area contributed by atoms with E-state index in [4.69, 9.17) is 4.74 Å². The smallest absolute Gasteiger partial charge is 0.191 e. The molecule has 0 amide bonds. The molecule has 156 valence electrons. The molecule has 3 heterocycles. The number of aromatic nitrogens is 2. The zero-order valence-electron chi connectivity index (χ0n) is 16.6. The Hall–Kier alpha value is -1.17. The lowest BCUT2D eigenvalue weighted by atomic mass is 10.2. The molecular formula is C19H31IN6OS. The summed E-state index contributed by atoms with van der Waals surface area (Å²) in [4.78, 5) is 8.27. The summed E-state index contributed by atoms with van der Waals surface area (Å²) in [5, 5.41) is 13.4. The number of ether oxygens (including phenoxy) is 1. The first-order valence-corrected chi connectivity index (χ1v) is 10.4. The van der Waals surface area contributed by atoms with Crippen molar-refractivity contribution in [3.8, 4) is 0 Å². The van der Waals surface area contributed by atoms with Crippen molar-refractivity contribution < 1.29 is 4.74 Å². The molecule has 1 saturated heterocycles. The minimum absolute atomic E-state index is 0. The average molecular weight is 518 g/mol. The van der Waals surface area contributed by atoms with Crippen LogP contribution in [0.1, 0.15) is 17.8 Å². The summed E-state index contributed by atoms with van der Waals surface area (Å²) in [6.07, 6.45) is 3.81. The van der Waals surface area contributed by atoms with E-state index in [1.807, 2.05) is 41.5 Å². The van der Waals surface area contributed by atoms with Gasteiger partial charge in [0.1, 0.15) is 0 Å². The fourth-order valence-corrected chi connectivity index (χ4v) is 4.12. The van der Waals surface area contributed by atoms with Gasteiger partial charge in [-0.15, -0.1) is 35.3 Å². The second-order valence-electron chi connectivity index (χ2n) is 6.85. The number of nitrogens with one attached hydrogen (secondary N) is 2. The topological polar surface area (TPSA) is 66.7 Å². The zero-order valence-corrected chi connectivity index (χ0v) is 19.7. The lowest BCUT2D eigenvalue weighted by molar-refractivity contribution is 0.0177. The van der Waals surface area contributed by atoms with Crippen molar-refractivity contribution in [3.05, 3.63) is 40.8 Å². The minimum atomic E-state index is 0. The Labute approximate surface area is 188 Å². The molecule has 3 rings (SSSR count). The minimum Gasteiger partial charge on any atom is -0.379 e. The second kappa shape index (κ2) is 12.4. The Balaban J connectivity index is 0.00000280. The molecule has 9 heteroatoms. The first kappa shape index (κ1) is 23.1. The van der Waals surface area contributed by atoms with Crippen LogP contribution in [-0.2, 0) is 11.3 Å².